The third-order valence-corrected chi connectivity index (χ3v) is 3.95. The van der Waals surface area contributed by atoms with Gasteiger partial charge in [-0.1, -0.05) is 48.5 Å². The van der Waals surface area contributed by atoms with Crippen LogP contribution in [0.1, 0.15) is 16.8 Å². The Labute approximate surface area is 129 Å². The van der Waals surface area contributed by atoms with Crippen molar-refractivity contribution in [3.63, 3.8) is 0 Å². The maximum atomic E-state index is 4.57. The summed E-state index contributed by atoms with van der Waals surface area (Å²) in [4.78, 5) is 8.97. The van der Waals surface area contributed by atoms with E-state index >= 15 is 0 Å². The van der Waals surface area contributed by atoms with Crippen LogP contribution in [0.15, 0.2) is 66.9 Å². The van der Waals surface area contributed by atoms with Crippen LogP contribution in [-0.4, -0.2) is 9.97 Å². The van der Waals surface area contributed by atoms with Crippen LogP contribution in [0, 0.1) is 6.92 Å². The zero-order valence-electron chi connectivity index (χ0n) is 12.5. The second kappa shape index (κ2) is 5.23. The molecule has 1 heterocycles. The van der Waals surface area contributed by atoms with Crippen molar-refractivity contribution in [2.75, 3.05) is 0 Å². The molecule has 0 aliphatic heterocycles. The van der Waals surface area contributed by atoms with Gasteiger partial charge in [0.2, 0.25) is 0 Å². The molecular weight excluding hydrogens is 268 g/mol. The van der Waals surface area contributed by atoms with Crippen molar-refractivity contribution in [1.29, 1.82) is 0 Å². The lowest BCUT2D eigenvalue weighted by molar-refractivity contribution is 1.16. The highest BCUT2D eigenvalue weighted by Gasteiger charge is 2.02. The summed E-state index contributed by atoms with van der Waals surface area (Å²) in [6.07, 6.45) is 2.72. The molecule has 0 aliphatic carbocycles. The fourth-order valence-electron chi connectivity index (χ4n) is 2.84. The van der Waals surface area contributed by atoms with E-state index in [2.05, 4.69) is 70.6 Å². The zero-order valence-corrected chi connectivity index (χ0v) is 12.5. The van der Waals surface area contributed by atoms with Gasteiger partial charge in [0.15, 0.2) is 0 Å². The molecular formula is C20H16N2. The largest absolute Gasteiger partial charge is 0.253 e. The standard InChI is InChI=1S/C20H16N2/c1-14-13-21-19-9-7-16(12-20(19)22-14)10-15-6-8-17-4-2-3-5-18(17)11-15/h2-9,11-13H,10H2,1H3. The summed E-state index contributed by atoms with van der Waals surface area (Å²) in [6, 6.07) is 21.5. The van der Waals surface area contributed by atoms with Crippen molar-refractivity contribution in [2.24, 2.45) is 0 Å². The molecule has 1 aromatic heterocycles. The number of hydrogen-bond donors (Lipinski definition) is 0. The van der Waals surface area contributed by atoms with Gasteiger partial charge in [-0.2, -0.15) is 0 Å². The Morgan fingerprint density at radius 3 is 2.45 bits per heavy atom. The molecule has 0 saturated carbocycles. The van der Waals surface area contributed by atoms with E-state index in [1.807, 2.05) is 13.1 Å². The predicted molar refractivity (Wildman–Crippen MR) is 91.0 cm³/mol. The van der Waals surface area contributed by atoms with E-state index in [0.717, 1.165) is 23.1 Å². The Bertz CT molecular complexity index is 973. The normalized spacial score (nSPS) is 11.1. The minimum absolute atomic E-state index is 0.913. The Balaban J connectivity index is 1.72. The number of rotatable bonds is 2. The first-order chi connectivity index (χ1) is 10.8. The highest BCUT2D eigenvalue weighted by molar-refractivity contribution is 5.83. The number of aryl methyl sites for hydroxylation is 1. The van der Waals surface area contributed by atoms with Crippen LogP contribution in [-0.2, 0) is 6.42 Å². The Morgan fingerprint density at radius 2 is 1.55 bits per heavy atom. The summed E-state index contributed by atoms with van der Waals surface area (Å²) in [5.74, 6) is 0. The monoisotopic (exact) mass is 284 g/mol. The average Bonchev–Trinajstić information content (AvgIpc) is 2.54. The molecule has 0 N–H and O–H groups in total. The van der Waals surface area contributed by atoms with Gasteiger partial charge in [0.1, 0.15) is 0 Å². The third-order valence-electron chi connectivity index (χ3n) is 3.95. The molecule has 3 aromatic carbocycles. The highest BCUT2D eigenvalue weighted by Crippen LogP contribution is 2.19. The molecule has 0 spiro atoms. The Hall–Kier alpha value is -2.74. The summed E-state index contributed by atoms with van der Waals surface area (Å²) >= 11 is 0. The highest BCUT2D eigenvalue weighted by atomic mass is 14.8. The molecule has 0 bridgehead atoms. The number of aromatic nitrogens is 2. The van der Waals surface area contributed by atoms with Crippen molar-refractivity contribution in [3.8, 4) is 0 Å². The van der Waals surface area contributed by atoms with Gasteiger partial charge in [0.25, 0.3) is 0 Å². The van der Waals surface area contributed by atoms with E-state index in [4.69, 9.17) is 0 Å². The number of benzene rings is 3. The van der Waals surface area contributed by atoms with Crippen LogP contribution in [0.25, 0.3) is 21.8 Å². The van der Waals surface area contributed by atoms with Crippen LogP contribution in [0.4, 0.5) is 0 Å². The van der Waals surface area contributed by atoms with Crippen molar-refractivity contribution in [2.45, 2.75) is 13.3 Å². The SMILES string of the molecule is Cc1cnc2ccc(Cc3ccc4ccccc4c3)cc2n1. The van der Waals surface area contributed by atoms with Crippen LogP contribution < -0.4 is 0 Å². The zero-order chi connectivity index (χ0) is 14.9. The Morgan fingerprint density at radius 1 is 0.773 bits per heavy atom. The second-order valence-corrected chi connectivity index (χ2v) is 5.69. The topological polar surface area (TPSA) is 25.8 Å². The van der Waals surface area contributed by atoms with Crippen molar-refractivity contribution < 1.29 is 0 Å². The molecule has 4 aromatic rings. The lowest BCUT2D eigenvalue weighted by atomic mass is 10.0. The molecule has 0 radical (unpaired) electrons. The Kier molecular flexibility index (Phi) is 3.08. The van der Waals surface area contributed by atoms with E-state index in [1.54, 1.807) is 0 Å². The van der Waals surface area contributed by atoms with E-state index in [0.29, 0.717) is 0 Å². The molecule has 0 fully saturated rings. The smallest absolute Gasteiger partial charge is 0.0892 e. The van der Waals surface area contributed by atoms with E-state index in [1.165, 1.54) is 21.9 Å². The minimum atomic E-state index is 0.913. The first kappa shape index (κ1) is 13.0. The lowest BCUT2D eigenvalue weighted by Gasteiger charge is -2.06. The minimum Gasteiger partial charge on any atom is -0.253 e. The van der Waals surface area contributed by atoms with Crippen molar-refractivity contribution in [1.82, 2.24) is 9.97 Å². The van der Waals surface area contributed by atoms with Gasteiger partial charge >= 0.3 is 0 Å². The summed E-state index contributed by atoms with van der Waals surface area (Å²) in [7, 11) is 0. The summed E-state index contributed by atoms with van der Waals surface area (Å²) in [6.45, 7) is 1.97. The second-order valence-electron chi connectivity index (χ2n) is 5.69. The molecule has 22 heavy (non-hydrogen) atoms. The molecule has 2 nitrogen and oxygen atoms in total. The number of nitrogens with zero attached hydrogens (tertiary/aromatic N) is 2. The molecule has 0 aliphatic rings. The van der Waals surface area contributed by atoms with Crippen LogP contribution in [0.5, 0.6) is 0 Å². The quantitative estimate of drug-likeness (QED) is 0.534. The van der Waals surface area contributed by atoms with E-state index in [9.17, 15) is 0 Å². The van der Waals surface area contributed by atoms with Crippen LogP contribution in [0.2, 0.25) is 0 Å². The summed E-state index contributed by atoms with van der Waals surface area (Å²) < 4.78 is 0. The lowest BCUT2D eigenvalue weighted by Crippen LogP contribution is -1.92. The fourth-order valence-corrected chi connectivity index (χ4v) is 2.84. The molecule has 0 unspecified atom stereocenters. The molecule has 4 rings (SSSR count). The molecule has 2 heteroatoms. The van der Waals surface area contributed by atoms with Gasteiger partial charge in [-0.3, -0.25) is 4.98 Å². The van der Waals surface area contributed by atoms with E-state index < -0.39 is 0 Å². The first-order valence-electron chi connectivity index (χ1n) is 7.48. The van der Waals surface area contributed by atoms with Gasteiger partial charge in [-0.15, -0.1) is 0 Å². The average molecular weight is 284 g/mol. The summed E-state index contributed by atoms with van der Waals surface area (Å²) in [5.41, 5.74) is 5.46. The molecule has 106 valence electrons. The van der Waals surface area contributed by atoms with Crippen molar-refractivity contribution >= 4 is 21.8 Å². The van der Waals surface area contributed by atoms with Gasteiger partial charge in [0, 0.05) is 6.20 Å². The first-order valence-corrected chi connectivity index (χ1v) is 7.48. The van der Waals surface area contributed by atoms with Gasteiger partial charge in [-0.25, -0.2) is 4.98 Å². The maximum Gasteiger partial charge on any atom is 0.0892 e. The summed E-state index contributed by atoms with van der Waals surface area (Å²) in [5, 5.41) is 2.57. The number of fused-ring (bicyclic) bond motifs is 2. The maximum absolute atomic E-state index is 4.57. The molecule has 0 saturated heterocycles. The predicted octanol–water partition coefficient (Wildman–Crippen LogP) is 4.68. The van der Waals surface area contributed by atoms with Gasteiger partial charge < -0.3 is 0 Å². The van der Waals surface area contributed by atoms with Crippen LogP contribution >= 0.6 is 0 Å². The van der Waals surface area contributed by atoms with Crippen molar-refractivity contribution in [3.05, 3.63) is 83.7 Å². The molecule has 0 amide bonds. The van der Waals surface area contributed by atoms with E-state index in [-0.39, 0.29) is 0 Å². The fraction of sp³-hybridized carbons (Fsp3) is 0.100. The van der Waals surface area contributed by atoms with Gasteiger partial charge in [0.05, 0.1) is 16.7 Å². The van der Waals surface area contributed by atoms with Crippen LogP contribution in [0.3, 0.4) is 0 Å². The van der Waals surface area contributed by atoms with Gasteiger partial charge in [-0.05, 0) is 47.4 Å². The third kappa shape index (κ3) is 2.44. The number of hydrogen-bond acceptors (Lipinski definition) is 2. The molecule has 0 atom stereocenters.